The Balaban J connectivity index is 1.93. The number of anilines is 1. The average Bonchev–Trinajstić information content (AvgIpc) is 2.47. The third kappa shape index (κ3) is 3.64. The van der Waals surface area contributed by atoms with Crippen molar-refractivity contribution in [3.63, 3.8) is 0 Å². The second-order valence-electron chi connectivity index (χ2n) is 3.75. The maximum atomic E-state index is 11.6. The molecule has 1 aromatic carbocycles. The quantitative estimate of drug-likeness (QED) is 0.854. The molecule has 1 N–H and O–H groups in total. The number of nitrogens with zero attached hydrogens (tertiary/aromatic N) is 1. The minimum atomic E-state index is -0.648. The molecule has 1 amide bonds. The number of nitrogens with one attached hydrogen (secondary N) is 1. The van der Waals surface area contributed by atoms with E-state index in [0.29, 0.717) is 11.8 Å². The van der Waals surface area contributed by atoms with Crippen LogP contribution in [0.2, 0.25) is 0 Å². The van der Waals surface area contributed by atoms with Crippen LogP contribution in [-0.4, -0.2) is 17.4 Å². The van der Waals surface area contributed by atoms with Crippen LogP contribution in [-0.2, 0) is 11.3 Å². The fourth-order valence-electron chi connectivity index (χ4n) is 1.47. The van der Waals surface area contributed by atoms with Crippen LogP contribution >= 0.6 is 0 Å². The van der Waals surface area contributed by atoms with Crippen LogP contribution in [0, 0.1) is 0 Å². The zero-order chi connectivity index (χ0) is 13.5. The SMILES string of the molecule is O=Cc1cccnc1NC(=O)OCc1ccccc1. The Morgan fingerprint density at radius 3 is 2.74 bits per heavy atom. The first kappa shape index (κ1) is 12.8. The van der Waals surface area contributed by atoms with Gasteiger partial charge in [0.05, 0.1) is 5.56 Å². The number of hydrogen-bond donors (Lipinski definition) is 1. The number of carbonyl (C=O) groups is 2. The fourth-order valence-corrected chi connectivity index (χ4v) is 1.47. The normalized spacial score (nSPS) is 9.68. The van der Waals surface area contributed by atoms with E-state index < -0.39 is 6.09 Å². The van der Waals surface area contributed by atoms with Crippen LogP contribution in [0.15, 0.2) is 48.7 Å². The first-order chi connectivity index (χ1) is 9.29. The van der Waals surface area contributed by atoms with E-state index in [9.17, 15) is 9.59 Å². The van der Waals surface area contributed by atoms with Crippen molar-refractivity contribution in [3.8, 4) is 0 Å². The molecule has 0 saturated carbocycles. The summed E-state index contributed by atoms with van der Waals surface area (Å²) >= 11 is 0. The summed E-state index contributed by atoms with van der Waals surface area (Å²) in [6, 6.07) is 12.5. The van der Waals surface area contributed by atoms with Gasteiger partial charge in [-0.2, -0.15) is 0 Å². The second-order valence-corrected chi connectivity index (χ2v) is 3.75. The average molecular weight is 256 g/mol. The summed E-state index contributed by atoms with van der Waals surface area (Å²) in [5.74, 6) is 0.190. The van der Waals surface area contributed by atoms with E-state index in [1.54, 1.807) is 12.1 Å². The van der Waals surface area contributed by atoms with Crippen LogP contribution in [0.3, 0.4) is 0 Å². The van der Waals surface area contributed by atoms with Gasteiger partial charge in [-0.3, -0.25) is 10.1 Å². The van der Waals surface area contributed by atoms with Crippen molar-refractivity contribution in [3.05, 3.63) is 59.8 Å². The molecule has 0 aliphatic rings. The molecule has 19 heavy (non-hydrogen) atoms. The molecular weight excluding hydrogens is 244 g/mol. The smallest absolute Gasteiger partial charge is 0.413 e. The number of rotatable bonds is 4. The number of aldehydes is 1. The van der Waals surface area contributed by atoms with E-state index in [4.69, 9.17) is 4.74 Å². The minimum absolute atomic E-state index is 0.163. The van der Waals surface area contributed by atoms with Crippen molar-refractivity contribution in [1.29, 1.82) is 0 Å². The van der Waals surface area contributed by atoms with Gasteiger partial charge in [-0.25, -0.2) is 9.78 Å². The summed E-state index contributed by atoms with van der Waals surface area (Å²) in [6.07, 6.45) is 1.46. The molecule has 1 aromatic heterocycles. The first-order valence-corrected chi connectivity index (χ1v) is 5.67. The topological polar surface area (TPSA) is 68.3 Å². The molecule has 2 rings (SSSR count). The molecule has 0 unspecified atom stereocenters. The number of hydrogen-bond acceptors (Lipinski definition) is 4. The molecule has 0 aliphatic carbocycles. The van der Waals surface area contributed by atoms with Gasteiger partial charge >= 0.3 is 6.09 Å². The van der Waals surface area contributed by atoms with Gasteiger partial charge in [0.25, 0.3) is 0 Å². The molecule has 0 saturated heterocycles. The number of ether oxygens (including phenoxy) is 1. The molecule has 0 spiro atoms. The van der Waals surface area contributed by atoms with Crippen molar-refractivity contribution in [1.82, 2.24) is 4.98 Å². The fraction of sp³-hybridized carbons (Fsp3) is 0.0714. The van der Waals surface area contributed by atoms with Crippen LogP contribution in [0.5, 0.6) is 0 Å². The Kier molecular flexibility index (Phi) is 4.23. The second kappa shape index (κ2) is 6.30. The molecule has 0 fully saturated rings. The molecular formula is C14H12N2O3. The van der Waals surface area contributed by atoms with Crippen molar-refractivity contribution in [2.75, 3.05) is 5.32 Å². The van der Waals surface area contributed by atoms with Gasteiger partial charge in [-0.15, -0.1) is 0 Å². The maximum Gasteiger partial charge on any atom is 0.413 e. The van der Waals surface area contributed by atoms with Gasteiger partial charge in [0.15, 0.2) is 6.29 Å². The van der Waals surface area contributed by atoms with Crippen molar-refractivity contribution in [2.24, 2.45) is 0 Å². The van der Waals surface area contributed by atoms with Gasteiger partial charge < -0.3 is 4.74 Å². The molecule has 0 aliphatic heterocycles. The Morgan fingerprint density at radius 1 is 1.21 bits per heavy atom. The van der Waals surface area contributed by atoms with E-state index >= 15 is 0 Å². The molecule has 0 radical (unpaired) electrons. The third-order valence-corrected chi connectivity index (χ3v) is 2.40. The summed E-state index contributed by atoms with van der Waals surface area (Å²) in [5, 5.41) is 2.43. The summed E-state index contributed by atoms with van der Waals surface area (Å²) in [6.45, 7) is 0.163. The molecule has 96 valence electrons. The van der Waals surface area contributed by atoms with Crippen LogP contribution in [0.1, 0.15) is 15.9 Å². The van der Waals surface area contributed by atoms with Crippen molar-refractivity contribution < 1.29 is 14.3 Å². The number of benzene rings is 1. The highest BCUT2D eigenvalue weighted by Gasteiger charge is 2.08. The zero-order valence-electron chi connectivity index (χ0n) is 10.1. The summed E-state index contributed by atoms with van der Waals surface area (Å²) in [4.78, 5) is 26.2. The molecule has 5 heteroatoms. The molecule has 0 bridgehead atoms. The minimum Gasteiger partial charge on any atom is -0.444 e. The van der Waals surface area contributed by atoms with Gasteiger partial charge in [0, 0.05) is 6.20 Å². The largest absolute Gasteiger partial charge is 0.444 e. The predicted molar refractivity (Wildman–Crippen MR) is 69.9 cm³/mol. The molecule has 5 nitrogen and oxygen atoms in total. The lowest BCUT2D eigenvalue weighted by Crippen LogP contribution is -2.15. The summed E-state index contributed by atoms with van der Waals surface area (Å²) < 4.78 is 5.03. The van der Waals surface area contributed by atoms with E-state index in [0.717, 1.165) is 5.56 Å². The lowest BCUT2D eigenvalue weighted by atomic mass is 10.2. The first-order valence-electron chi connectivity index (χ1n) is 5.67. The number of carbonyl (C=O) groups excluding carboxylic acids is 2. The summed E-state index contributed by atoms with van der Waals surface area (Å²) in [5.41, 5.74) is 1.19. The Bertz CT molecular complexity index is 570. The zero-order valence-corrected chi connectivity index (χ0v) is 10.1. The standard InChI is InChI=1S/C14H12N2O3/c17-9-12-7-4-8-15-13(12)16-14(18)19-10-11-5-2-1-3-6-11/h1-9H,10H2,(H,15,16,18). The van der Waals surface area contributed by atoms with Crippen LogP contribution < -0.4 is 5.32 Å². The number of aromatic nitrogens is 1. The van der Waals surface area contributed by atoms with Gasteiger partial charge in [-0.1, -0.05) is 30.3 Å². The Hall–Kier alpha value is -2.69. The Labute approximate surface area is 110 Å². The number of amides is 1. The van der Waals surface area contributed by atoms with Gasteiger partial charge in [0.2, 0.25) is 0 Å². The molecule has 1 heterocycles. The molecule has 0 atom stereocenters. The third-order valence-electron chi connectivity index (χ3n) is 2.40. The lowest BCUT2D eigenvalue weighted by Gasteiger charge is -2.07. The lowest BCUT2D eigenvalue weighted by molar-refractivity contribution is 0.112. The highest BCUT2D eigenvalue weighted by atomic mass is 16.5. The van der Waals surface area contributed by atoms with Crippen LogP contribution in [0.25, 0.3) is 0 Å². The van der Waals surface area contributed by atoms with Crippen molar-refractivity contribution in [2.45, 2.75) is 6.61 Å². The van der Waals surface area contributed by atoms with E-state index in [2.05, 4.69) is 10.3 Å². The van der Waals surface area contributed by atoms with Crippen molar-refractivity contribution >= 4 is 18.2 Å². The highest BCUT2D eigenvalue weighted by Crippen LogP contribution is 2.09. The maximum absolute atomic E-state index is 11.6. The van der Waals surface area contributed by atoms with E-state index in [1.165, 1.54) is 6.20 Å². The summed E-state index contributed by atoms with van der Waals surface area (Å²) in [7, 11) is 0. The van der Waals surface area contributed by atoms with E-state index in [-0.39, 0.29) is 12.4 Å². The van der Waals surface area contributed by atoms with Gasteiger partial charge in [-0.05, 0) is 17.7 Å². The highest BCUT2D eigenvalue weighted by molar-refractivity contribution is 5.91. The van der Waals surface area contributed by atoms with E-state index in [1.807, 2.05) is 30.3 Å². The van der Waals surface area contributed by atoms with Crippen LogP contribution in [0.4, 0.5) is 10.6 Å². The predicted octanol–water partition coefficient (Wildman–Crippen LogP) is 2.64. The van der Waals surface area contributed by atoms with Gasteiger partial charge in [0.1, 0.15) is 12.4 Å². The Morgan fingerprint density at radius 2 is 2.00 bits per heavy atom. The molecule has 2 aromatic rings. The number of pyridine rings is 1. The monoisotopic (exact) mass is 256 g/mol.